The Morgan fingerprint density at radius 1 is 1.12 bits per heavy atom. The first-order valence-corrected chi connectivity index (χ1v) is 7.79. The van der Waals surface area contributed by atoms with E-state index in [1.807, 2.05) is 0 Å². The Balaban J connectivity index is 1.39. The van der Waals surface area contributed by atoms with Gasteiger partial charge in [0.1, 0.15) is 11.9 Å². The number of rotatable bonds is 6. The summed E-state index contributed by atoms with van der Waals surface area (Å²) in [5, 5.41) is 14.8. The van der Waals surface area contributed by atoms with Crippen LogP contribution in [0.1, 0.15) is 23.8 Å². The number of aliphatic hydroxyl groups excluding tert-OH is 1. The van der Waals surface area contributed by atoms with Crippen molar-refractivity contribution in [2.45, 2.75) is 19.1 Å². The lowest BCUT2D eigenvalue weighted by Gasteiger charge is -2.09. The second-order valence-electron chi connectivity index (χ2n) is 5.45. The molecule has 8 heteroatoms. The van der Waals surface area contributed by atoms with E-state index in [2.05, 4.69) is 10.6 Å². The summed E-state index contributed by atoms with van der Waals surface area (Å²) in [5.41, 5.74) is 0.790. The maximum atomic E-state index is 11.8. The van der Waals surface area contributed by atoms with Crippen LogP contribution >= 0.6 is 0 Å². The number of carbonyl (C=O) groups excluding carboxylic acids is 2. The summed E-state index contributed by atoms with van der Waals surface area (Å²) in [6.07, 6.45) is 0.877. The number of carbonyl (C=O) groups is 2. The first-order valence-electron chi connectivity index (χ1n) is 7.79. The largest absolute Gasteiger partial charge is 0.467 e. The van der Waals surface area contributed by atoms with Crippen molar-refractivity contribution in [3.05, 3.63) is 47.9 Å². The van der Waals surface area contributed by atoms with Gasteiger partial charge in [0.2, 0.25) is 6.79 Å². The third kappa shape index (κ3) is 4.30. The summed E-state index contributed by atoms with van der Waals surface area (Å²) in [5.74, 6) is 0.185. The monoisotopic (exact) mass is 346 g/mol. The van der Waals surface area contributed by atoms with Gasteiger partial charge in [-0.25, -0.2) is 0 Å². The number of hydrogen-bond donors (Lipinski definition) is 3. The number of benzene rings is 1. The number of ether oxygens (including phenoxy) is 2. The van der Waals surface area contributed by atoms with E-state index < -0.39 is 17.9 Å². The van der Waals surface area contributed by atoms with Crippen molar-refractivity contribution in [2.75, 3.05) is 13.3 Å². The van der Waals surface area contributed by atoms with E-state index in [9.17, 15) is 14.7 Å². The number of furan rings is 1. The Morgan fingerprint density at radius 3 is 2.72 bits per heavy atom. The maximum Gasteiger partial charge on any atom is 0.309 e. The molecule has 2 amide bonds. The summed E-state index contributed by atoms with van der Waals surface area (Å²) in [7, 11) is 0. The van der Waals surface area contributed by atoms with E-state index in [0.717, 1.165) is 5.56 Å². The number of amides is 2. The van der Waals surface area contributed by atoms with E-state index in [4.69, 9.17) is 13.9 Å². The van der Waals surface area contributed by atoms with Crippen molar-refractivity contribution in [1.82, 2.24) is 10.6 Å². The number of hydrogen-bond acceptors (Lipinski definition) is 6. The van der Waals surface area contributed by atoms with Crippen LogP contribution in [-0.4, -0.2) is 30.3 Å². The minimum absolute atomic E-state index is 0.151. The van der Waals surface area contributed by atoms with Gasteiger partial charge in [-0.1, -0.05) is 6.07 Å². The summed E-state index contributed by atoms with van der Waals surface area (Å²) in [4.78, 5) is 23.5. The van der Waals surface area contributed by atoms with E-state index in [-0.39, 0.29) is 26.3 Å². The van der Waals surface area contributed by atoms with E-state index in [0.29, 0.717) is 17.3 Å². The summed E-state index contributed by atoms with van der Waals surface area (Å²) < 4.78 is 15.5. The predicted octanol–water partition coefficient (Wildman–Crippen LogP) is 0.864. The molecule has 3 N–H and O–H groups in total. The fourth-order valence-corrected chi connectivity index (χ4v) is 2.34. The standard InChI is InChI=1S/C17H18N2O6/c20-12(13-2-1-7-23-13)5-6-18-16(21)17(22)19-9-11-3-4-14-15(8-11)25-10-24-14/h1-4,7-8,12,20H,5-6,9-10H2,(H,18,21)(H,19,22). The van der Waals surface area contributed by atoms with Gasteiger partial charge in [-0.15, -0.1) is 0 Å². The van der Waals surface area contributed by atoms with Crippen LogP contribution in [0.25, 0.3) is 0 Å². The van der Waals surface area contributed by atoms with Crippen LogP contribution < -0.4 is 20.1 Å². The number of aliphatic hydroxyl groups is 1. The molecule has 8 nitrogen and oxygen atoms in total. The molecule has 3 rings (SSSR count). The molecule has 0 bridgehead atoms. The minimum atomic E-state index is -0.827. The molecule has 0 fully saturated rings. The molecule has 1 aromatic heterocycles. The Kier molecular flexibility index (Phi) is 5.20. The topological polar surface area (TPSA) is 110 Å². The van der Waals surface area contributed by atoms with E-state index in [1.165, 1.54) is 6.26 Å². The van der Waals surface area contributed by atoms with Crippen LogP contribution in [0.2, 0.25) is 0 Å². The van der Waals surface area contributed by atoms with Gasteiger partial charge in [0.05, 0.1) is 6.26 Å². The van der Waals surface area contributed by atoms with Crippen molar-refractivity contribution in [3.63, 3.8) is 0 Å². The summed E-state index contributed by atoms with van der Waals surface area (Å²) in [6.45, 7) is 0.521. The molecule has 1 atom stereocenters. The van der Waals surface area contributed by atoms with Crippen LogP contribution in [0, 0.1) is 0 Å². The number of nitrogens with one attached hydrogen (secondary N) is 2. The third-order valence-corrected chi connectivity index (χ3v) is 3.67. The molecule has 2 aromatic rings. The second-order valence-corrected chi connectivity index (χ2v) is 5.45. The molecule has 0 spiro atoms. The van der Waals surface area contributed by atoms with Gasteiger partial charge in [0, 0.05) is 13.1 Å². The van der Waals surface area contributed by atoms with Gasteiger partial charge in [-0.05, 0) is 36.2 Å². The van der Waals surface area contributed by atoms with Gasteiger partial charge in [-0.2, -0.15) is 0 Å². The highest BCUT2D eigenvalue weighted by atomic mass is 16.7. The van der Waals surface area contributed by atoms with Gasteiger partial charge in [0.15, 0.2) is 11.5 Å². The average Bonchev–Trinajstić information content (AvgIpc) is 3.30. The van der Waals surface area contributed by atoms with E-state index in [1.54, 1.807) is 30.3 Å². The highest BCUT2D eigenvalue weighted by molar-refractivity contribution is 6.35. The molecule has 0 aliphatic carbocycles. The van der Waals surface area contributed by atoms with Crippen LogP contribution in [0.15, 0.2) is 41.0 Å². The fraction of sp³-hybridized carbons (Fsp3) is 0.294. The first kappa shape index (κ1) is 16.8. The lowest BCUT2D eigenvalue weighted by molar-refractivity contribution is -0.139. The molecule has 1 aliphatic rings. The quantitative estimate of drug-likeness (QED) is 0.670. The van der Waals surface area contributed by atoms with Crippen LogP contribution in [0.4, 0.5) is 0 Å². The van der Waals surface area contributed by atoms with Crippen molar-refractivity contribution < 1.29 is 28.6 Å². The Bertz CT molecular complexity index is 744. The van der Waals surface area contributed by atoms with Crippen molar-refractivity contribution >= 4 is 11.8 Å². The summed E-state index contributed by atoms with van der Waals surface area (Å²) >= 11 is 0. The first-order chi connectivity index (χ1) is 12.1. The molecule has 1 aromatic carbocycles. The minimum Gasteiger partial charge on any atom is -0.467 e. The lowest BCUT2D eigenvalue weighted by atomic mass is 10.2. The van der Waals surface area contributed by atoms with Gasteiger partial charge in [0.25, 0.3) is 0 Å². The van der Waals surface area contributed by atoms with Gasteiger partial charge >= 0.3 is 11.8 Å². The predicted molar refractivity (Wildman–Crippen MR) is 85.7 cm³/mol. The normalized spacial score (nSPS) is 13.3. The van der Waals surface area contributed by atoms with Crippen LogP contribution in [0.3, 0.4) is 0 Å². The molecule has 25 heavy (non-hydrogen) atoms. The lowest BCUT2D eigenvalue weighted by Crippen LogP contribution is -2.40. The van der Waals surface area contributed by atoms with Crippen LogP contribution in [0.5, 0.6) is 11.5 Å². The SMILES string of the molecule is O=C(NCCC(O)c1ccco1)C(=O)NCc1ccc2c(c1)OCO2. The van der Waals surface area contributed by atoms with Gasteiger partial charge < -0.3 is 29.6 Å². The second kappa shape index (κ2) is 7.71. The Morgan fingerprint density at radius 2 is 1.92 bits per heavy atom. The zero-order valence-corrected chi connectivity index (χ0v) is 13.4. The molecule has 0 radical (unpaired) electrons. The highest BCUT2D eigenvalue weighted by Crippen LogP contribution is 2.32. The molecule has 0 saturated carbocycles. The van der Waals surface area contributed by atoms with Crippen molar-refractivity contribution in [1.29, 1.82) is 0 Å². The van der Waals surface area contributed by atoms with E-state index >= 15 is 0 Å². The zero-order chi connectivity index (χ0) is 17.6. The van der Waals surface area contributed by atoms with Crippen LogP contribution in [-0.2, 0) is 16.1 Å². The molecule has 1 unspecified atom stereocenters. The Hall–Kier alpha value is -3.00. The fourth-order valence-electron chi connectivity index (χ4n) is 2.34. The maximum absolute atomic E-state index is 11.8. The smallest absolute Gasteiger partial charge is 0.309 e. The molecule has 1 aliphatic heterocycles. The van der Waals surface area contributed by atoms with Crippen molar-refractivity contribution in [2.24, 2.45) is 0 Å². The number of fused-ring (bicyclic) bond motifs is 1. The van der Waals surface area contributed by atoms with Crippen molar-refractivity contribution in [3.8, 4) is 11.5 Å². The zero-order valence-electron chi connectivity index (χ0n) is 13.4. The van der Waals surface area contributed by atoms with Gasteiger partial charge in [-0.3, -0.25) is 9.59 Å². The third-order valence-electron chi connectivity index (χ3n) is 3.67. The molecule has 0 saturated heterocycles. The average molecular weight is 346 g/mol. The highest BCUT2D eigenvalue weighted by Gasteiger charge is 2.16. The molecule has 2 heterocycles. The molecule has 132 valence electrons. The summed E-state index contributed by atoms with van der Waals surface area (Å²) in [6, 6.07) is 8.59. The Labute approximate surface area is 143 Å². The molecular weight excluding hydrogens is 328 g/mol. The molecular formula is C17H18N2O6.